The van der Waals surface area contributed by atoms with Crippen molar-refractivity contribution in [3.05, 3.63) is 35.9 Å². The first-order valence-electron chi connectivity index (χ1n) is 5.76. The Morgan fingerprint density at radius 2 is 1.94 bits per heavy atom. The number of carbonyl (C=O) groups excluding carboxylic acids is 1. The fourth-order valence-corrected chi connectivity index (χ4v) is 1.46. The second kappa shape index (κ2) is 5.68. The summed E-state index contributed by atoms with van der Waals surface area (Å²) in [6.45, 7) is 6.11. The van der Waals surface area contributed by atoms with Crippen LogP contribution in [0, 0.1) is 0 Å². The third-order valence-electron chi connectivity index (χ3n) is 2.18. The van der Waals surface area contributed by atoms with Gasteiger partial charge in [-0.15, -0.1) is 0 Å². The highest BCUT2D eigenvalue weighted by Crippen LogP contribution is 2.12. The van der Waals surface area contributed by atoms with Gasteiger partial charge in [0.25, 0.3) is 0 Å². The van der Waals surface area contributed by atoms with Gasteiger partial charge in [-0.05, 0) is 26.3 Å². The first-order valence-corrected chi connectivity index (χ1v) is 5.76. The lowest BCUT2D eigenvalue weighted by Gasteiger charge is -2.22. The van der Waals surface area contributed by atoms with E-state index < -0.39 is 11.7 Å². The van der Waals surface area contributed by atoms with E-state index in [1.54, 1.807) is 0 Å². The molecule has 0 saturated heterocycles. The minimum atomic E-state index is -0.480. The Morgan fingerprint density at radius 3 is 2.41 bits per heavy atom. The molecule has 1 amide bonds. The predicted octanol–water partition coefficient (Wildman–Crippen LogP) is 1.49. The second-order valence-electron chi connectivity index (χ2n) is 4.90. The predicted molar refractivity (Wildman–Crippen MR) is 66.3 cm³/mol. The standard InChI is InChI=1S/C13H20N2O2/c1-13(2,3)17-12(16)15-11(9-14)10-7-5-4-6-8-10/h4-8,11H,9,14H2,1-3H3,(H,15,16)/p+1/t11-/m1/s1. The molecule has 1 rings (SSSR count). The number of hydrogen-bond acceptors (Lipinski definition) is 2. The zero-order valence-electron chi connectivity index (χ0n) is 10.7. The van der Waals surface area contributed by atoms with Crippen molar-refractivity contribution in [2.24, 2.45) is 0 Å². The Morgan fingerprint density at radius 1 is 1.35 bits per heavy atom. The van der Waals surface area contributed by atoms with Crippen LogP contribution in [-0.4, -0.2) is 18.2 Å². The maximum Gasteiger partial charge on any atom is 0.408 e. The molecule has 0 aromatic heterocycles. The van der Waals surface area contributed by atoms with E-state index in [2.05, 4.69) is 11.1 Å². The molecule has 0 aliphatic heterocycles. The Labute approximate surface area is 102 Å². The molecule has 0 radical (unpaired) electrons. The highest BCUT2D eigenvalue weighted by atomic mass is 16.6. The van der Waals surface area contributed by atoms with Crippen LogP contribution in [0.4, 0.5) is 4.79 Å². The van der Waals surface area contributed by atoms with Crippen molar-refractivity contribution in [2.75, 3.05) is 6.54 Å². The fourth-order valence-electron chi connectivity index (χ4n) is 1.46. The van der Waals surface area contributed by atoms with Gasteiger partial charge in [-0.1, -0.05) is 30.3 Å². The summed E-state index contributed by atoms with van der Waals surface area (Å²) in [6.07, 6.45) is -0.407. The Bertz CT molecular complexity index is 357. The van der Waals surface area contributed by atoms with Crippen molar-refractivity contribution in [1.82, 2.24) is 5.32 Å². The minimum Gasteiger partial charge on any atom is -0.444 e. The molecule has 94 valence electrons. The van der Waals surface area contributed by atoms with Gasteiger partial charge in [-0.3, -0.25) is 0 Å². The van der Waals surface area contributed by atoms with Crippen molar-refractivity contribution in [3.63, 3.8) is 0 Å². The third kappa shape index (κ3) is 4.87. The highest BCUT2D eigenvalue weighted by Gasteiger charge is 2.20. The van der Waals surface area contributed by atoms with Crippen LogP contribution in [-0.2, 0) is 4.74 Å². The molecule has 4 N–H and O–H groups in total. The lowest BCUT2D eigenvalue weighted by molar-refractivity contribution is -0.373. The molecule has 17 heavy (non-hydrogen) atoms. The third-order valence-corrected chi connectivity index (χ3v) is 2.18. The van der Waals surface area contributed by atoms with Gasteiger partial charge >= 0.3 is 6.09 Å². The molecule has 0 spiro atoms. The van der Waals surface area contributed by atoms with E-state index in [0.717, 1.165) is 5.56 Å². The van der Waals surface area contributed by atoms with Crippen LogP contribution < -0.4 is 11.1 Å². The van der Waals surface area contributed by atoms with Crippen LogP contribution in [0.25, 0.3) is 0 Å². The molecule has 0 saturated carbocycles. The van der Waals surface area contributed by atoms with Gasteiger partial charge in [0.05, 0.1) is 6.54 Å². The Balaban J connectivity index is 2.62. The number of benzene rings is 1. The van der Waals surface area contributed by atoms with Crippen molar-refractivity contribution >= 4 is 6.09 Å². The highest BCUT2D eigenvalue weighted by molar-refractivity contribution is 5.68. The van der Waals surface area contributed by atoms with E-state index in [-0.39, 0.29) is 6.04 Å². The van der Waals surface area contributed by atoms with E-state index in [1.165, 1.54) is 0 Å². The van der Waals surface area contributed by atoms with E-state index in [9.17, 15) is 4.79 Å². The molecule has 0 heterocycles. The molecule has 4 nitrogen and oxygen atoms in total. The van der Waals surface area contributed by atoms with Gasteiger partial charge in [0, 0.05) is 0 Å². The summed E-state index contributed by atoms with van der Waals surface area (Å²) < 4.78 is 5.21. The van der Waals surface area contributed by atoms with Gasteiger partial charge in [-0.25, -0.2) is 4.79 Å². The molecule has 1 aromatic carbocycles. The molecule has 0 aliphatic rings. The van der Waals surface area contributed by atoms with Gasteiger partial charge in [0.2, 0.25) is 0 Å². The zero-order valence-corrected chi connectivity index (χ0v) is 10.7. The summed E-state index contributed by atoms with van der Waals surface area (Å²) >= 11 is 0. The number of ether oxygens (including phenoxy) is 1. The van der Waals surface area contributed by atoms with Crippen LogP contribution in [0.5, 0.6) is 0 Å². The zero-order chi connectivity index (χ0) is 12.9. The lowest BCUT2D eigenvalue weighted by Crippen LogP contribution is -2.56. The Kier molecular flexibility index (Phi) is 4.52. The first kappa shape index (κ1) is 13.5. The quantitative estimate of drug-likeness (QED) is 0.836. The smallest absolute Gasteiger partial charge is 0.408 e. The minimum absolute atomic E-state index is 0.106. The van der Waals surface area contributed by atoms with Gasteiger partial charge in [0.1, 0.15) is 11.6 Å². The SMILES string of the molecule is CC(C)(C)OC(=O)N[C@H](C[NH3+])c1ccccc1. The van der Waals surface area contributed by atoms with Crippen LogP contribution in [0.2, 0.25) is 0 Å². The maximum absolute atomic E-state index is 11.6. The van der Waals surface area contributed by atoms with Crippen LogP contribution in [0.1, 0.15) is 32.4 Å². The largest absolute Gasteiger partial charge is 0.444 e. The fraction of sp³-hybridized carbons (Fsp3) is 0.462. The number of rotatable bonds is 3. The average Bonchev–Trinajstić information content (AvgIpc) is 2.24. The van der Waals surface area contributed by atoms with Crippen molar-refractivity contribution < 1.29 is 15.3 Å². The van der Waals surface area contributed by atoms with Crippen molar-refractivity contribution in [2.45, 2.75) is 32.4 Å². The van der Waals surface area contributed by atoms with Crippen LogP contribution >= 0.6 is 0 Å². The van der Waals surface area contributed by atoms with E-state index in [1.807, 2.05) is 51.1 Å². The van der Waals surface area contributed by atoms with Crippen molar-refractivity contribution in [1.29, 1.82) is 0 Å². The second-order valence-corrected chi connectivity index (χ2v) is 4.90. The average molecular weight is 237 g/mol. The number of alkyl carbamates (subject to hydrolysis) is 1. The molecular formula is C13H21N2O2+. The number of hydrogen-bond donors (Lipinski definition) is 2. The number of quaternary nitrogens is 1. The maximum atomic E-state index is 11.6. The van der Waals surface area contributed by atoms with Crippen LogP contribution in [0.15, 0.2) is 30.3 Å². The molecule has 0 unspecified atom stereocenters. The van der Waals surface area contributed by atoms with Crippen LogP contribution in [0.3, 0.4) is 0 Å². The summed E-state index contributed by atoms with van der Waals surface area (Å²) in [5, 5.41) is 2.82. The lowest BCUT2D eigenvalue weighted by atomic mass is 10.1. The monoisotopic (exact) mass is 237 g/mol. The van der Waals surface area contributed by atoms with Crippen molar-refractivity contribution in [3.8, 4) is 0 Å². The Hall–Kier alpha value is -1.55. The number of amides is 1. The first-order chi connectivity index (χ1) is 7.92. The topological polar surface area (TPSA) is 66.0 Å². The number of nitrogens with one attached hydrogen (secondary N) is 1. The van der Waals surface area contributed by atoms with Gasteiger partial charge in [0.15, 0.2) is 0 Å². The van der Waals surface area contributed by atoms with E-state index in [0.29, 0.717) is 6.54 Å². The van der Waals surface area contributed by atoms with Gasteiger partial charge < -0.3 is 15.8 Å². The normalized spacial score (nSPS) is 12.9. The molecule has 0 bridgehead atoms. The summed E-state index contributed by atoms with van der Waals surface area (Å²) in [4.78, 5) is 11.6. The van der Waals surface area contributed by atoms with E-state index >= 15 is 0 Å². The molecular weight excluding hydrogens is 216 g/mol. The molecule has 1 atom stereocenters. The summed E-state index contributed by atoms with van der Waals surface area (Å²) in [5.74, 6) is 0. The molecule has 4 heteroatoms. The van der Waals surface area contributed by atoms with Gasteiger partial charge in [-0.2, -0.15) is 0 Å². The van der Waals surface area contributed by atoms with E-state index in [4.69, 9.17) is 4.74 Å². The molecule has 0 aliphatic carbocycles. The summed E-state index contributed by atoms with van der Waals surface area (Å²) in [6, 6.07) is 9.65. The molecule has 1 aromatic rings. The number of carbonyl (C=O) groups is 1. The summed E-state index contributed by atoms with van der Waals surface area (Å²) in [7, 11) is 0. The molecule has 0 fully saturated rings. The summed E-state index contributed by atoms with van der Waals surface area (Å²) in [5.41, 5.74) is 4.40.